The van der Waals surface area contributed by atoms with Crippen LogP contribution in [0.4, 0.5) is 5.82 Å². The molecule has 116 valence electrons. The zero-order valence-corrected chi connectivity index (χ0v) is 14.4. The fraction of sp³-hybridized carbons (Fsp3) is 0.438. The Hall–Kier alpha value is -1.46. The van der Waals surface area contributed by atoms with Gasteiger partial charge in [-0.15, -0.1) is 28.8 Å². The average molecular weight is 335 g/mol. The number of fused-ring (bicyclic) bond motifs is 3. The van der Waals surface area contributed by atoms with Crippen LogP contribution < -0.4 is 5.32 Å². The van der Waals surface area contributed by atoms with E-state index in [-0.39, 0.29) is 12.4 Å². The van der Waals surface area contributed by atoms with Crippen LogP contribution in [-0.2, 0) is 0 Å². The van der Waals surface area contributed by atoms with Crippen molar-refractivity contribution >= 4 is 49.9 Å². The van der Waals surface area contributed by atoms with Gasteiger partial charge in [-0.05, 0) is 38.3 Å². The Labute approximate surface area is 139 Å². The lowest BCUT2D eigenvalue weighted by molar-refractivity contribution is 0.752. The number of hydrogen-bond acceptors (Lipinski definition) is 5. The van der Waals surface area contributed by atoms with Crippen LogP contribution in [0.1, 0.15) is 36.9 Å². The zero-order valence-electron chi connectivity index (χ0n) is 12.7. The number of pyridine rings is 1. The molecule has 1 saturated carbocycles. The monoisotopic (exact) mass is 334 g/mol. The molecular formula is C16H19ClN4S. The largest absolute Gasteiger partial charge is 0.366 e. The van der Waals surface area contributed by atoms with Crippen molar-refractivity contribution in [3.63, 3.8) is 0 Å². The highest BCUT2D eigenvalue weighted by Crippen LogP contribution is 2.38. The van der Waals surface area contributed by atoms with Gasteiger partial charge in [0, 0.05) is 23.0 Å². The summed E-state index contributed by atoms with van der Waals surface area (Å²) in [7, 11) is 0. The van der Waals surface area contributed by atoms with Crippen molar-refractivity contribution in [2.75, 3.05) is 5.32 Å². The van der Waals surface area contributed by atoms with E-state index in [9.17, 15) is 0 Å². The van der Waals surface area contributed by atoms with E-state index < -0.39 is 0 Å². The van der Waals surface area contributed by atoms with Gasteiger partial charge in [0.2, 0.25) is 0 Å². The second-order valence-corrected chi connectivity index (χ2v) is 6.85. The summed E-state index contributed by atoms with van der Waals surface area (Å²) in [6.45, 7) is 4.15. The molecule has 0 aromatic carbocycles. The Balaban J connectivity index is 0.00000144. The van der Waals surface area contributed by atoms with Crippen LogP contribution in [0.3, 0.4) is 0 Å². The van der Waals surface area contributed by atoms with E-state index >= 15 is 0 Å². The normalized spacial score (nSPS) is 15.4. The van der Waals surface area contributed by atoms with E-state index in [0.717, 1.165) is 16.3 Å². The second-order valence-electron chi connectivity index (χ2n) is 5.85. The first-order valence-corrected chi connectivity index (χ1v) is 8.33. The third kappa shape index (κ3) is 2.42. The summed E-state index contributed by atoms with van der Waals surface area (Å²) >= 11 is 1.70. The third-order valence-corrected chi connectivity index (χ3v) is 5.59. The minimum absolute atomic E-state index is 0. The number of aromatic nitrogens is 3. The number of halogens is 1. The summed E-state index contributed by atoms with van der Waals surface area (Å²) in [6.07, 6.45) is 7.05. The lowest BCUT2D eigenvalue weighted by Gasteiger charge is -2.12. The molecule has 0 saturated heterocycles. The maximum atomic E-state index is 4.57. The van der Waals surface area contributed by atoms with Crippen molar-refractivity contribution in [2.24, 2.45) is 0 Å². The smallest absolute Gasteiger partial charge is 0.147 e. The Morgan fingerprint density at radius 3 is 2.73 bits per heavy atom. The van der Waals surface area contributed by atoms with Crippen LogP contribution >= 0.6 is 23.7 Å². The van der Waals surface area contributed by atoms with E-state index in [1.54, 1.807) is 11.3 Å². The predicted molar refractivity (Wildman–Crippen MR) is 95.3 cm³/mol. The molecule has 3 aromatic rings. The van der Waals surface area contributed by atoms with Gasteiger partial charge in [0.25, 0.3) is 0 Å². The first kappa shape index (κ1) is 15.4. The molecule has 0 bridgehead atoms. The quantitative estimate of drug-likeness (QED) is 0.742. The van der Waals surface area contributed by atoms with Gasteiger partial charge in [0.05, 0.1) is 10.4 Å². The van der Waals surface area contributed by atoms with E-state index in [1.165, 1.54) is 46.7 Å². The lowest BCUT2D eigenvalue weighted by atomic mass is 10.1. The molecule has 0 spiro atoms. The fourth-order valence-electron chi connectivity index (χ4n) is 3.19. The van der Waals surface area contributed by atoms with Crippen molar-refractivity contribution in [1.82, 2.24) is 15.2 Å². The van der Waals surface area contributed by atoms with Crippen LogP contribution in [0.25, 0.3) is 20.3 Å². The summed E-state index contributed by atoms with van der Waals surface area (Å²) in [4.78, 5) is 5.58. The minimum Gasteiger partial charge on any atom is -0.366 e. The molecule has 6 heteroatoms. The second kappa shape index (κ2) is 5.97. The van der Waals surface area contributed by atoms with Gasteiger partial charge >= 0.3 is 0 Å². The highest BCUT2D eigenvalue weighted by molar-refractivity contribution is 7.26. The Morgan fingerprint density at radius 1 is 1.18 bits per heavy atom. The molecule has 3 heterocycles. The Morgan fingerprint density at radius 2 is 1.95 bits per heavy atom. The maximum Gasteiger partial charge on any atom is 0.147 e. The zero-order chi connectivity index (χ0) is 14.4. The van der Waals surface area contributed by atoms with Gasteiger partial charge in [-0.25, -0.2) is 4.98 Å². The highest BCUT2D eigenvalue weighted by Gasteiger charge is 2.18. The van der Waals surface area contributed by atoms with Gasteiger partial charge in [0.15, 0.2) is 0 Å². The molecule has 22 heavy (non-hydrogen) atoms. The molecule has 4 rings (SSSR count). The molecule has 4 nitrogen and oxygen atoms in total. The highest BCUT2D eigenvalue weighted by atomic mass is 35.5. The van der Waals surface area contributed by atoms with Crippen LogP contribution in [0.5, 0.6) is 0 Å². The van der Waals surface area contributed by atoms with Gasteiger partial charge in [-0.1, -0.05) is 12.8 Å². The molecule has 0 aliphatic heterocycles. The molecule has 1 aliphatic carbocycles. The number of hydrogen-bond donors (Lipinski definition) is 1. The summed E-state index contributed by atoms with van der Waals surface area (Å²) in [5.74, 6) is 1.01. The summed E-state index contributed by atoms with van der Waals surface area (Å²) in [6, 6.07) is 2.67. The average Bonchev–Trinajstić information content (AvgIpc) is 3.11. The lowest BCUT2D eigenvalue weighted by Crippen LogP contribution is -2.15. The van der Waals surface area contributed by atoms with Crippen molar-refractivity contribution in [3.05, 3.63) is 23.5 Å². The number of rotatable bonds is 2. The first-order valence-electron chi connectivity index (χ1n) is 7.51. The summed E-state index contributed by atoms with van der Waals surface area (Å²) in [5.41, 5.74) is 2.23. The maximum absolute atomic E-state index is 4.57. The molecular weight excluding hydrogens is 316 g/mol. The van der Waals surface area contributed by atoms with Crippen molar-refractivity contribution < 1.29 is 0 Å². The van der Waals surface area contributed by atoms with E-state index in [4.69, 9.17) is 0 Å². The van der Waals surface area contributed by atoms with Crippen molar-refractivity contribution in [1.29, 1.82) is 0 Å². The van der Waals surface area contributed by atoms with Gasteiger partial charge in [-0.2, -0.15) is 5.10 Å². The van der Waals surface area contributed by atoms with Gasteiger partial charge in [0.1, 0.15) is 10.6 Å². The van der Waals surface area contributed by atoms with E-state index in [1.807, 2.05) is 13.1 Å². The molecule has 1 aliphatic rings. The number of nitrogens with zero attached hydrogens (tertiary/aromatic N) is 3. The van der Waals surface area contributed by atoms with Crippen LogP contribution in [0, 0.1) is 13.8 Å². The molecule has 1 fully saturated rings. The number of aryl methyl sites for hydroxylation is 2. The minimum atomic E-state index is 0. The SMILES string of the molecule is Cc1nnc2sc3c(NC4CCCC4)nccc3c2c1C.Cl. The van der Waals surface area contributed by atoms with Crippen LogP contribution in [0.15, 0.2) is 12.3 Å². The Bertz CT molecular complexity index is 824. The summed E-state index contributed by atoms with van der Waals surface area (Å²) < 4.78 is 1.21. The molecule has 0 amide bonds. The number of anilines is 1. The Kier molecular flexibility index (Phi) is 4.19. The number of thiophene rings is 1. The van der Waals surface area contributed by atoms with E-state index in [2.05, 4.69) is 33.5 Å². The topological polar surface area (TPSA) is 50.7 Å². The first-order chi connectivity index (χ1) is 10.2. The number of nitrogens with one attached hydrogen (secondary N) is 1. The van der Waals surface area contributed by atoms with Crippen molar-refractivity contribution in [3.8, 4) is 0 Å². The van der Waals surface area contributed by atoms with Crippen LogP contribution in [-0.4, -0.2) is 21.2 Å². The third-order valence-electron chi connectivity index (χ3n) is 4.49. The molecule has 0 unspecified atom stereocenters. The summed E-state index contributed by atoms with van der Waals surface area (Å²) in [5, 5.41) is 14.7. The van der Waals surface area contributed by atoms with Gasteiger partial charge in [-0.3, -0.25) is 0 Å². The molecule has 3 aromatic heterocycles. The van der Waals surface area contributed by atoms with Crippen LogP contribution in [0.2, 0.25) is 0 Å². The van der Waals surface area contributed by atoms with E-state index in [0.29, 0.717) is 6.04 Å². The van der Waals surface area contributed by atoms with Crippen molar-refractivity contribution in [2.45, 2.75) is 45.6 Å². The molecule has 0 atom stereocenters. The molecule has 1 N–H and O–H groups in total. The van der Waals surface area contributed by atoms with Gasteiger partial charge < -0.3 is 5.32 Å². The molecule has 0 radical (unpaired) electrons. The fourth-order valence-corrected chi connectivity index (χ4v) is 4.32. The predicted octanol–water partition coefficient (Wildman–Crippen LogP) is 4.63. The standard InChI is InChI=1S/C16H18N4S.ClH/c1-9-10(2)19-20-16-13(9)12-7-8-17-15(14(12)21-16)18-11-5-3-4-6-11;/h7-8,11H,3-6H2,1-2H3,(H,17,18);1H.